The fraction of sp³-hybridized carbons (Fsp3) is 0.250. The van der Waals surface area contributed by atoms with Crippen molar-refractivity contribution in [2.75, 3.05) is 0 Å². The van der Waals surface area contributed by atoms with Gasteiger partial charge in [-0.3, -0.25) is 0 Å². The molecule has 1 N–H and O–H groups in total. The van der Waals surface area contributed by atoms with Crippen molar-refractivity contribution in [1.29, 1.82) is 0 Å². The van der Waals surface area contributed by atoms with Gasteiger partial charge in [-0.05, 0) is 29.4 Å². The average molecular weight is 388 g/mol. The molecule has 142 valence electrons. The minimum atomic E-state index is 0.384. The van der Waals surface area contributed by atoms with Gasteiger partial charge in [-0.2, -0.15) is 0 Å². The molecule has 2 heterocycles. The Morgan fingerprint density at radius 1 is 0.893 bits per heavy atom. The molecule has 0 saturated heterocycles. The van der Waals surface area contributed by atoms with E-state index in [0.29, 0.717) is 11.8 Å². The van der Waals surface area contributed by atoms with E-state index in [0.717, 1.165) is 17.3 Å². The topological polar surface area (TPSA) is 41.6 Å². The number of imidazole rings is 1. The number of nitrogens with one attached hydrogen (secondary N) is 1. The van der Waals surface area contributed by atoms with Crippen LogP contribution in [0.4, 0.5) is 0 Å². The molecule has 1 atom stereocenters. The van der Waals surface area contributed by atoms with Crippen LogP contribution in [0.2, 0.25) is 0 Å². The molecule has 4 rings (SSSR count). The summed E-state index contributed by atoms with van der Waals surface area (Å²) in [5, 5.41) is 1.12. The Morgan fingerprint density at radius 2 is 1.61 bits per heavy atom. The maximum Gasteiger partial charge on any atom is 0.137 e. The van der Waals surface area contributed by atoms with Crippen molar-refractivity contribution >= 4 is 11.3 Å². The van der Waals surface area contributed by atoms with E-state index in [4.69, 9.17) is 4.98 Å². The zero-order valence-electron chi connectivity index (χ0n) is 16.5. The van der Waals surface area contributed by atoms with Crippen LogP contribution in [0.25, 0.3) is 22.0 Å². The van der Waals surface area contributed by atoms with Crippen molar-refractivity contribution in [2.24, 2.45) is 0 Å². The normalized spacial score (nSPS) is 12.4. The number of H-pyrrole nitrogens is 1. The first-order chi connectivity index (χ1) is 13.6. The van der Waals surface area contributed by atoms with Crippen molar-refractivity contribution < 1.29 is 0 Å². The van der Waals surface area contributed by atoms with E-state index in [1.807, 2.05) is 23.7 Å². The highest BCUT2D eigenvalue weighted by atomic mass is 32.1. The van der Waals surface area contributed by atoms with Gasteiger partial charge in [0.15, 0.2) is 0 Å². The minimum absolute atomic E-state index is 0.384. The number of benzene rings is 2. The van der Waals surface area contributed by atoms with E-state index in [2.05, 4.69) is 79.3 Å². The lowest BCUT2D eigenvalue weighted by Gasteiger charge is -2.14. The molecular weight excluding hydrogens is 362 g/mol. The van der Waals surface area contributed by atoms with Gasteiger partial charge in [0.2, 0.25) is 0 Å². The van der Waals surface area contributed by atoms with E-state index in [9.17, 15) is 0 Å². The number of nitrogens with zero attached hydrogens (tertiary/aromatic N) is 2. The van der Waals surface area contributed by atoms with E-state index < -0.39 is 0 Å². The molecule has 1 unspecified atom stereocenters. The second-order valence-corrected chi connectivity index (χ2v) is 8.62. The molecule has 0 spiro atoms. The average Bonchev–Trinajstić information content (AvgIpc) is 3.40. The number of thiazole rings is 1. The monoisotopic (exact) mass is 387 g/mol. The van der Waals surface area contributed by atoms with Crippen LogP contribution in [0.1, 0.15) is 48.6 Å². The van der Waals surface area contributed by atoms with Crippen molar-refractivity contribution in [3.63, 3.8) is 0 Å². The van der Waals surface area contributed by atoms with Crippen LogP contribution >= 0.6 is 11.3 Å². The molecule has 0 aliphatic carbocycles. The molecule has 2 aromatic carbocycles. The third-order valence-electron chi connectivity index (χ3n) is 5.12. The lowest BCUT2D eigenvalue weighted by atomic mass is 9.92. The Bertz CT molecular complexity index is 1050. The van der Waals surface area contributed by atoms with Crippen LogP contribution < -0.4 is 0 Å². The molecule has 3 nitrogen and oxygen atoms in total. The molecule has 0 fully saturated rings. The van der Waals surface area contributed by atoms with Crippen LogP contribution in [-0.2, 0) is 6.42 Å². The summed E-state index contributed by atoms with van der Waals surface area (Å²) in [5.41, 5.74) is 5.11. The standard InChI is InChI=1S/C24H25N3S/c1-16(2)19-8-4-7-11-22(19)24-27-15-18(28-24)14-17(3)20-9-5-6-10-21(20)23-25-12-13-26-23/h4-13,15-17H,14H2,1-3H3,(H,25,26). The number of rotatable bonds is 6. The zero-order chi connectivity index (χ0) is 19.5. The summed E-state index contributed by atoms with van der Waals surface area (Å²) in [6.07, 6.45) is 6.69. The number of hydrogen-bond donors (Lipinski definition) is 1. The molecule has 4 heteroatoms. The molecule has 0 radical (unpaired) electrons. The van der Waals surface area contributed by atoms with Crippen LogP contribution in [0.3, 0.4) is 0 Å². The predicted molar refractivity (Wildman–Crippen MR) is 118 cm³/mol. The van der Waals surface area contributed by atoms with Gasteiger partial charge in [0.25, 0.3) is 0 Å². The van der Waals surface area contributed by atoms with E-state index in [-0.39, 0.29) is 0 Å². The third-order valence-corrected chi connectivity index (χ3v) is 6.17. The summed E-state index contributed by atoms with van der Waals surface area (Å²) in [4.78, 5) is 13.7. The van der Waals surface area contributed by atoms with Crippen LogP contribution in [0.5, 0.6) is 0 Å². The third kappa shape index (κ3) is 3.78. The summed E-state index contributed by atoms with van der Waals surface area (Å²) in [5.74, 6) is 1.80. The van der Waals surface area contributed by atoms with Crippen molar-refractivity contribution in [3.05, 3.63) is 83.1 Å². The maximum atomic E-state index is 4.75. The van der Waals surface area contributed by atoms with E-state index >= 15 is 0 Å². The van der Waals surface area contributed by atoms with Gasteiger partial charge in [-0.15, -0.1) is 11.3 Å². The first-order valence-electron chi connectivity index (χ1n) is 9.76. The van der Waals surface area contributed by atoms with Gasteiger partial charge < -0.3 is 4.98 Å². The predicted octanol–water partition coefficient (Wildman–Crippen LogP) is 6.67. The highest BCUT2D eigenvalue weighted by Gasteiger charge is 2.16. The van der Waals surface area contributed by atoms with Gasteiger partial charge >= 0.3 is 0 Å². The highest BCUT2D eigenvalue weighted by molar-refractivity contribution is 7.15. The van der Waals surface area contributed by atoms with Crippen LogP contribution in [-0.4, -0.2) is 15.0 Å². The summed E-state index contributed by atoms with van der Waals surface area (Å²) >= 11 is 1.81. The van der Waals surface area contributed by atoms with Crippen LogP contribution in [0, 0.1) is 0 Å². The molecule has 0 bridgehead atoms. The SMILES string of the molecule is CC(C)c1ccccc1-c1ncc(CC(C)c2ccccc2-c2ncc[nH]2)s1. The lowest BCUT2D eigenvalue weighted by Crippen LogP contribution is -2.00. The first kappa shape index (κ1) is 18.6. The number of hydrogen-bond acceptors (Lipinski definition) is 3. The van der Waals surface area contributed by atoms with Crippen LogP contribution in [0.15, 0.2) is 67.1 Å². The van der Waals surface area contributed by atoms with Gasteiger partial charge in [0.05, 0.1) is 0 Å². The summed E-state index contributed by atoms with van der Waals surface area (Å²) in [7, 11) is 0. The Hall–Kier alpha value is -2.72. The molecule has 2 aromatic heterocycles. The Kier molecular flexibility index (Phi) is 5.40. The Morgan fingerprint density at radius 3 is 2.32 bits per heavy atom. The fourth-order valence-electron chi connectivity index (χ4n) is 3.69. The molecule has 4 aromatic rings. The van der Waals surface area contributed by atoms with E-state index in [1.165, 1.54) is 27.1 Å². The second-order valence-electron chi connectivity index (χ2n) is 7.50. The summed E-state index contributed by atoms with van der Waals surface area (Å²) < 4.78 is 0. The highest BCUT2D eigenvalue weighted by Crippen LogP contribution is 2.35. The van der Waals surface area contributed by atoms with Gasteiger partial charge in [0.1, 0.15) is 10.8 Å². The molecule has 0 saturated carbocycles. The Balaban J connectivity index is 1.59. The smallest absolute Gasteiger partial charge is 0.137 e. The molecule has 0 amide bonds. The molecule has 0 aliphatic rings. The quantitative estimate of drug-likeness (QED) is 0.401. The first-order valence-corrected chi connectivity index (χ1v) is 10.6. The largest absolute Gasteiger partial charge is 0.345 e. The van der Waals surface area contributed by atoms with Crippen molar-refractivity contribution in [3.8, 4) is 22.0 Å². The van der Waals surface area contributed by atoms with Gasteiger partial charge in [-0.25, -0.2) is 9.97 Å². The molecule has 0 aliphatic heterocycles. The van der Waals surface area contributed by atoms with Crippen molar-refractivity contribution in [2.45, 2.75) is 39.0 Å². The fourth-order valence-corrected chi connectivity index (χ4v) is 4.78. The number of aromatic amines is 1. The zero-order valence-corrected chi connectivity index (χ0v) is 17.3. The van der Waals surface area contributed by atoms with Gasteiger partial charge in [0, 0.05) is 34.6 Å². The minimum Gasteiger partial charge on any atom is -0.345 e. The summed E-state index contributed by atoms with van der Waals surface area (Å²) in [6.45, 7) is 6.76. The number of aromatic nitrogens is 3. The molecule has 28 heavy (non-hydrogen) atoms. The summed E-state index contributed by atoms with van der Waals surface area (Å²) in [6, 6.07) is 17.1. The Labute approximate surface area is 170 Å². The van der Waals surface area contributed by atoms with Gasteiger partial charge in [-0.1, -0.05) is 69.3 Å². The second kappa shape index (κ2) is 8.11. The van der Waals surface area contributed by atoms with E-state index in [1.54, 1.807) is 6.20 Å². The molecular formula is C24H25N3S. The maximum absolute atomic E-state index is 4.75. The van der Waals surface area contributed by atoms with Crippen molar-refractivity contribution in [1.82, 2.24) is 15.0 Å². The lowest BCUT2D eigenvalue weighted by molar-refractivity contribution is 0.768.